The summed E-state index contributed by atoms with van der Waals surface area (Å²) in [6, 6.07) is 2.03. The molecule has 0 spiro atoms. The molecule has 0 aromatic carbocycles. The average molecular weight is 328 g/mol. The van der Waals surface area contributed by atoms with Gasteiger partial charge in [0, 0.05) is 12.7 Å². The molecule has 0 radical (unpaired) electrons. The van der Waals surface area contributed by atoms with Gasteiger partial charge in [0.15, 0.2) is 0 Å². The van der Waals surface area contributed by atoms with Gasteiger partial charge in [-0.2, -0.15) is 0 Å². The van der Waals surface area contributed by atoms with Gasteiger partial charge in [-0.05, 0) is 70.8 Å². The number of aromatic nitrogens is 1. The van der Waals surface area contributed by atoms with Crippen LogP contribution in [0.4, 0.5) is 0 Å². The Morgan fingerprint density at radius 2 is 2.28 bits per heavy atom. The van der Waals surface area contributed by atoms with Crippen LogP contribution in [0.5, 0.6) is 0 Å². The molecule has 1 aromatic heterocycles. The molecule has 4 heteroatoms. The van der Waals surface area contributed by atoms with Gasteiger partial charge in [0.25, 0.3) is 0 Å². The minimum atomic E-state index is 0.631. The summed E-state index contributed by atoms with van der Waals surface area (Å²) >= 11 is 9.50. The van der Waals surface area contributed by atoms with Crippen LogP contribution in [0, 0.1) is 11.8 Å². The molecule has 0 bridgehead atoms. The smallest absolute Gasteiger partial charge is 0.124 e. The lowest BCUT2D eigenvalue weighted by atomic mass is 9.73. The van der Waals surface area contributed by atoms with Gasteiger partial charge < -0.3 is 5.32 Å². The summed E-state index contributed by atoms with van der Waals surface area (Å²) in [5, 5.41) is 4.20. The lowest BCUT2D eigenvalue weighted by Gasteiger charge is -2.37. The van der Waals surface area contributed by atoms with Crippen LogP contribution >= 0.6 is 27.5 Å². The van der Waals surface area contributed by atoms with E-state index in [4.69, 9.17) is 11.6 Å². The van der Waals surface area contributed by atoms with Crippen molar-refractivity contribution in [1.29, 1.82) is 0 Å². The van der Waals surface area contributed by atoms with E-state index in [1.807, 2.05) is 12.3 Å². The van der Waals surface area contributed by atoms with Gasteiger partial charge in [-0.15, -0.1) is 0 Å². The molecule has 2 aliphatic rings. The predicted octanol–water partition coefficient (Wildman–Crippen LogP) is 3.90. The van der Waals surface area contributed by atoms with Crippen molar-refractivity contribution in [3.63, 3.8) is 0 Å². The first-order valence-corrected chi connectivity index (χ1v) is 7.65. The van der Waals surface area contributed by atoms with E-state index in [-0.39, 0.29) is 0 Å². The van der Waals surface area contributed by atoms with Crippen LogP contribution in [0.15, 0.2) is 22.9 Å². The van der Waals surface area contributed by atoms with Crippen molar-refractivity contribution in [2.75, 3.05) is 13.1 Å². The van der Waals surface area contributed by atoms with E-state index in [2.05, 4.69) is 32.3 Å². The number of allylic oxidation sites excluding steroid dienone is 1. The lowest BCUT2D eigenvalue weighted by molar-refractivity contribution is 0.285. The number of rotatable bonds is 1. The third kappa shape index (κ3) is 2.36. The molecule has 2 atom stereocenters. The quantitative estimate of drug-likeness (QED) is 0.791. The Hall–Kier alpha value is -0.380. The van der Waals surface area contributed by atoms with Crippen molar-refractivity contribution in [1.82, 2.24) is 10.3 Å². The van der Waals surface area contributed by atoms with Crippen LogP contribution in [-0.2, 0) is 0 Å². The van der Waals surface area contributed by atoms with E-state index in [0.717, 1.165) is 23.6 Å². The fourth-order valence-corrected chi connectivity index (χ4v) is 3.52. The zero-order valence-electron chi connectivity index (χ0n) is 10.1. The summed E-state index contributed by atoms with van der Waals surface area (Å²) in [5.41, 5.74) is 2.61. The number of piperidine rings is 1. The summed E-state index contributed by atoms with van der Waals surface area (Å²) in [7, 11) is 0. The Balaban J connectivity index is 1.94. The Morgan fingerprint density at radius 3 is 3.11 bits per heavy atom. The number of hydrogen-bond acceptors (Lipinski definition) is 2. The second-order valence-corrected chi connectivity index (χ2v) is 6.25. The normalized spacial score (nSPS) is 27.6. The van der Waals surface area contributed by atoms with Gasteiger partial charge in [-0.3, -0.25) is 0 Å². The SMILES string of the molecule is Clc1cc(C2=CCC[C@@H]3CCNC[C@H]23)cnc1Br. The molecule has 18 heavy (non-hydrogen) atoms. The molecule has 1 fully saturated rings. The number of halogens is 2. The largest absolute Gasteiger partial charge is 0.316 e. The van der Waals surface area contributed by atoms with Crippen molar-refractivity contribution in [3.8, 4) is 0 Å². The third-order valence-electron chi connectivity index (χ3n) is 4.06. The van der Waals surface area contributed by atoms with Crippen molar-refractivity contribution in [3.05, 3.63) is 33.5 Å². The third-order valence-corrected chi connectivity index (χ3v) is 5.20. The van der Waals surface area contributed by atoms with Crippen LogP contribution in [0.25, 0.3) is 5.57 Å². The van der Waals surface area contributed by atoms with Crippen molar-refractivity contribution in [2.24, 2.45) is 11.8 Å². The number of pyridine rings is 1. The standard InChI is InChI=1S/C14H16BrClN2/c15-14-13(16)6-10(7-18-14)11-3-1-2-9-4-5-17-8-12(9)11/h3,6-7,9,12,17H,1-2,4-5,8H2/t9-,12+/m1/s1. The number of hydrogen-bond donors (Lipinski definition) is 1. The van der Waals surface area contributed by atoms with Crippen molar-refractivity contribution in [2.45, 2.75) is 19.3 Å². The summed E-state index contributed by atoms with van der Waals surface area (Å²) in [4.78, 5) is 4.31. The van der Waals surface area contributed by atoms with Gasteiger partial charge >= 0.3 is 0 Å². The molecule has 1 aliphatic heterocycles. The van der Waals surface area contributed by atoms with Crippen LogP contribution in [0.2, 0.25) is 5.02 Å². The van der Waals surface area contributed by atoms with E-state index < -0.39 is 0 Å². The molecular formula is C14H16BrClN2. The molecule has 0 amide bonds. The first kappa shape index (κ1) is 12.6. The van der Waals surface area contributed by atoms with Crippen LogP contribution in [0.1, 0.15) is 24.8 Å². The number of nitrogens with one attached hydrogen (secondary N) is 1. The van der Waals surface area contributed by atoms with E-state index in [0.29, 0.717) is 10.9 Å². The molecule has 2 nitrogen and oxygen atoms in total. The maximum Gasteiger partial charge on any atom is 0.124 e. The molecule has 0 saturated carbocycles. The van der Waals surface area contributed by atoms with Crippen LogP contribution in [0.3, 0.4) is 0 Å². The second kappa shape index (κ2) is 5.32. The Kier molecular flexibility index (Phi) is 3.73. The second-order valence-electron chi connectivity index (χ2n) is 5.09. The zero-order valence-corrected chi connectivity index (χ0v) is 12.5. The van der Waals surface area contributed by atoms with Crippen molar-refractivity contribution >= 4 is 33.1 Å². The summed E-state index contributed by atoms with van der Waals surface area (Å²) in [6.45, 7) is 2.25. The van der Waals surface area contributed by atoms with Crippen LogP contribution < -0.4 is 5.32 Å². The first-order chi connectivity index (χ1) is 8.75. The topological polar surface area (TPSA) is 24.9 Å². The monoisotopic (exact) mass is 326 g/mol. The van der Waals surface area contributed by atoms with Gasteiger partial charge in [0.05, 0.1) is 5.02 Å². The molecule has 1 aromatic rings. The molecule has 0 unspecified atom stereocenters. The fourth-order valence-electron chi connectivity index (χ4n) is 3.14. The highest BCUT2D eigenvalue weighted by molar-refractivity contribution is 9.10. The fraction of sp³-hybridized carbons (Fsp3) is 0.500. The van der Waals surface area contributed by atoms with Crippen LogP contribution in [-0.4, -0.2) is 18.1 Å². The minimum absolute atomic E-state index is 0.631. The molecule has 2 heterocycles. The molecule has 1 aliphatic carbocycles. The lowest BCUT2D eigenvalue weighted by Crippen LogP contribution is -2.38. The predicted molar refractivity (Wildman–Crippen MR) is 78.6 cm³/mol. The summed E-state index contributed by atoms with van der Waals surface area (Å²) < 4.78 is 0.725. The molecular weight excluding hydrogens is 312 g/mol. The Bertz CT molecular complexity index is 487. The number of nitrogens with zero attached hydrogens (tertiary/aromatic N) is 1. The molecule has 96 valence electrons. The number of fused-ring (bicyclic) bond motifs is 1. The van der Waals surface area contributed by atoms with E-state index in [9.17, 15) is 0 Å². The summed E-state index contributed by atoms with van der Waals surface area (Å²) in [5.74, 6) is 1.46. The van der Waals surface area contributed by atoms with E-state index in [1.54, 1.807) is 0 Å². The molecule has 1 saturated heterocycles. The Morgan fingerprint density at radius 1 is 1.39 bits per heavy atom. The highest BCUT2D eigenvalue weighted by atomic mass is 79.9. The first-order valence-electron chi connectivity index (χ1n) is 6.48. The zero-order chi connectivity index (χ0) is 12.5. The highest BCUT2D eigenvalue weighted by Gasteiger charge is 2.30. The highest BCUT2D eigenvalue weighted by Crippen LogP contribution is 2.40. The van der Waals surface area contributed by atoms with E-state index in [1.165, 1.54) is 30.4 Å². The minimum Gasteiger partial charge on any atom is -0.316 e. The maximum absolute atomic E-state index is 6.16. The van der Waals surface area contributed by atoms with E-state index >= 15 is 0 Å². The van der Waals surface area contributed by atoms with Gasteiger partial charge in [-0.1, -0.05) is 17.7 Å². The summed E-state index contributed by atoms with van der Waals surface area (Å²) in [6.07, 6.45) is 8.10. The molecule has 1 N–H and O–H groups in total. The van der Waals surface area contributed by atoms with Gasteiger partial charge in [0.2, 0.25) is 0 Å². The van der Waals surface area contributed by atoms with Gasteiger partial charge in [-0.25, -0.2) is 4.98 Å². The molecule has 3 rings (SSSR count). The van der Waals surface area contributed by atoms with Crippen molar-refractivity contribution < 1.29 is 0 Å². The van der Waals surface area contributed by atoms with Gasteiger partial charge in [0.1, 0.15) is 4.60 Å². The Labute approximate surface area is 121 Å². The maximum atomic E-state index is 6.16. The average Bonchev–Trinajstić information content (AvgIpc) is 2.41.